The number of ether oxygens (including phenoxy) is 2. The monoisotopic (exact) mass is 266 g/mol. The molecule has 0 bridgehead atoms. The highest BCUT2D eigenvalue weighted by Gasteiger charge is 2.03. The van der Waals surface area contributed by atoms with Crippen molar-refractivity contribution in [2.24, 2.45) is 11.8 Å². The number of amides is 1. The van der Waals surface area contributed by atoms with Crippen LogP contribution < -0.4 is 11.3 Å². The Bertz CT molecular complexity index is 394. The number of benzene rings is 1. The number of nitrogens with two attached hydrogens (primary N) is 1. The predicted molar refractivity (Wildman–Crippen MR) is 73.4 cm³/mol. The van der Waals surface area contributed by atoms with E-state index in [1.165, 1.54) is 0 Å². The molecule has 1 aromatic rings. The second-order valence-electron chi connectivity index (χ2n) is 4.70. The van der Waals surface area contributed by atoms with E-state index in [9.17, 15) is 4.79 Å². The van der Waals surface area contributed by atoms with Crippen LogP contribution in [0.3, 0.4) is 0 Å². The number of hydrogen-bond acceptors (Lipinski definition) is 4. The van der Waals surface area contributed by atoms with Gasteiger partial charge in [0.05, 0.1) is 19.8 Å². The van der Waals surface area contributed by atoms with E-state index in [1.807, 2.05) is 6.07 Å². The fourth-order valence-corrected chi connectivity index (χ4v) is 1.51. The van der Waals surface area contributed by atoms with Gasteiger partial charge in [0.1, 0.15) is 0 Å². The Morgan fingerprint density at radius 2 is 2.05 bits per heavy atom. The highest BCUT2D eigenvalue weighted by Crippen LogP contribution is 2.06. The first kappa shape index (κ1) is 15.6. The quantitative estimate of drug-likeness (QED) is 0.323. The van der Waals surface area contributed by atoms with Crippen LogP contribution in [0.25, 0.3) is 0 Å². The lowest BCUT2D eigenvalue weighted by atomic mass is 10.1. The molecular weight excluding hydrogens is 244 g/mol. The Balaban J connectivity index is 2.27. The minimum Gasteiger partial charge on any atom is -0.379 e. The topological polar surface area (TPSA) is 73.6 Å². The lowest BCUT2D eigenvalue weighted by molar-refractivity contribution is 0.0314. The lowest BCUT2D eigenvalue weighted by Crippen LogP contribution is -2.30. The Kier molecular flexibility index (Phi) is 7.10. The van der Waals surface area contributed by atoms with Crippen molar-refractivity contribution in [2.45, 2.75) is 20.5 Å². The molecule has 1 rings (SSSR count). The highest BCUT2D eigenvalue weighted by molar-refractivity contribution is 5.93. The second-order valence-corrected chi connectivity index (χ2v) is 4.70. The molecule has 0 radical (unpaired) electrons. The second kappa shape index (κ2) is 8.63. The summed E-state index contributed by atoms with van der Waals surface area (Å²) < 4.78 is 10.9. The minimum absolute atomic E-state index is 0.304. The van der Waals surface area contributed by atoms with Gasteiger partial charge >= 0.3 is 0 Å². The molecule has 0 saturated carbocycles. The molecule has 0 heterocycles. The van der Waals surface area contributed by atoms with Crippen molar-refractivity contribution in [1.82, 2.24) is 5.43 Å². The first-order chi connectivity index (χ1) is 9.13. The van der Waals surface area contributed by atoms with Gasteiger partial charge in [-0.25, -0.2) is 5.84 Å². The van der Waals surface area contributed by atoms with E-state index in [2.05, 4.69) is 19.3 Å². The third kappa shape index (κ3) is 6.33. The van der Waals surface area contributed by atoms with Crippen LogP contribution in [-0.4, -0.2) is 25.7 Å². The normalized spacial score (nSPS) is 10.7. The maximum absolute atomic E-state index is 11.3. The number of carbonyl (C=O) groups is 1. The first-order valence-electron chi connectivity index (χ1n) is 6.39. The van der Waals surface area contributed by atoms with E-state index in [0.717, 1.165) is 12.2 Å². The SMILES string of the molecule is CC(C)COCCOCc1cccc(C(=O)NN)c1. The largest absolute Gasteiger partial charge is 0.379 e. The summed E-state index contributed by atoms with van der Waals surface area (Å²) >= 11 is 0. The molecule has 0 aliphatic heterocycles. The summed E-state index contributed by atoms with van der Waals surface area (Å²) in [6, 6.07) is 7.18. The van der Waals surface area contributed by atoms with Gasteiger partial charge in [-0.2, -0.15) is 0 Å². The van der Waals surface area contributed by atoms with Crippen LogP contribution in [0.1, 0.15) is 29.8 Å². The Labute approximate surface area is 114 Å². The van der Waals surface area contributed by atoms with E-state index in [1.54, 1.807) is 18.2 Å². The molecule has 19 heavy (non-hydrogen) atoms. The van der Waals surface area contributed by atoms with E-state index < -0.39 is 0 Å². The summed E-state index contributed by atoms with van der Waals surface area (Å²) in [4.78, 5) is 11.3. The molecule has 3 N–H and O–H groups in total. The minimum atomic E-state index is -0.304. The fraction of sp³-hybridized carbons (Fsp3) is 0.500. The Morgan fingerprint density at radius 3 is 2.74 bits per heavy atom. The van der Waals surface area contributed by atoms with Crippen LogP contribution in [0.2, 0.25) is 0 Å². The highest BCUT2D eigenvalue weighted by atomic mass is 16.5. The molecule has 1 aromatic carbocycles. The van der Waals surface area contributed by atoms with Crippen molar-refractivity contribution in [1.29, 1.82) is 0 Å². The number of nitrogen functional groups attached to an aromatic ring is 1. The van der Waals surface area contributed by atoms with Crippen LogP contribution in [0.5, 0.6) is 0 Å². The van der Waals surface area contributed by atoms with Gasteiger partial charge in [-0.15, -0.1) is 0 Å². The molecule has 0 unspecified atom stereocenters. The van der Waals surface area contributed by atoms with Crippen molar-refractivity contribution < 1.29 is 14.3 Å². The average Bonchev–Trinajstić information content (AvgIpc) is 2.41. The number of hydrazine groups is 1. The lowest BCUT2D eigenvalue weighted by Gasteiger charge is -2.08. The van der Waals surface area contributed by atoms with Crippen molar-refractivity contribution in [3.05, 3.63) is 35.4 Å². The predicted octanol–water partition coefficient (Wildman–Crippen LogP) is 1.48. The van der Waals surface area contributed by atoms with Crippen LogP contribution in [-0.2, 0) is 16.1 Å². The molecule has 106 valence electrons. The van der Waals surface area contributed by atoms with Gasteiger partial charge < -0.3 is 9.47 Å². The molecule has 5 heteroatoms. The van der Waals surface area contributed by atoms with Gasteiger partial charge in [0.25, 0.3) is 5.91 Å². The van der Waals surface area contributed by atoms with Gasteiger partial charge in [-0.1, -0.05) is 26.0 Å². The molecule has 0 fully saturated rings. The zero-order chi connectivity index (χ0) is 14.1. The summed E-state index contributed by atoms with van der Waals surface area (Å²) in [5.41, 5.74) is 3.57. The molecule has 1 amide bonds. The van der Waals surface area contributed by atoms with Crippen LogP contribution in [0.15, 0.2) is 24.3 Å². The third-order valence-corrected chi connectivity index (χ3v) is 2.41. The number of hydrogen-bond donors (Lipinski definition) is 2. The molecule has 0 aliphatic carbocycles. The van der Waals surface area contributed by atoms with Crippen molar-refractivity contribution in [3.63, 3.8) is 0 Å². The van der Waals surface area contributed by atoms with Gasteiger partial charge in [-0.05, 0) is 23.6 Å². The van der Waals surface area contributed by atoms with Crippen LogP contribution in [0.4, 0.5) is 0 Å². The zero-order valence-electron chi connectivity index (χ0n) is 11.5. The van der Waals surface area contributed by atoms with Crippen molar-refractivity contribution in [3.8, 4) is 0 Å². The molecule has 0 aliphatic rings. The molecule has 5 nitrogen and oxygen atoms in total. The number of rotatable bonds is 8. The average molecular weight is 266 g/mol. The van der Waals surface area contributed by atoms with Gasteiger partial charge in [-0.3, -0.25) is 10.2 Å². The van der Waals surface area contributed by atoms with Crippen LogP contribution in [0, 0.1) is 5.92 Å². The van der Waals surface area contributed by atoms with E-state index in [0.29, 0.717) is 31.3 Å². The summed E-state index contributed by atoms with van der Waals surface area (Å²) in [5.74, 6) is 5.32. The molecule has 0 atom stereocenters. The van der Waals surface area contributed by atoms with Crippen molar-refractivity contribution in [2.75, 3.05) is 19.8 Å². The smallest absolute Gasteiger partial charge is 0.265 e. The zero-order valence-corrected chi connectivity index (χ0v) is 11.5. The van der Waals surface area contributed by atoms with E-state index in [-0.39, 0.29) is 5.91 Å². The summed E-state index contributed by atoms with van der Waals surface area (Å²) in [6.07, 6.45) is 0. The van der Waals surface area contributed by atoms with Crippen LogP contribution >= 0.6 is 0 Å². The molecule has 0 saturated heterocycles. The summed E-state index contributed by atoms with van der Waals surface area (Å²) in [7, 11) is 0. The van der Waals surface area contributed by atoms with Gasteiger partial charge in [0, 0.05) is 12.2 Å². The maximum Gasteiger partial charge on any atom is 0.265 e. The number of nitrogens with one attached hydrogen (secondary N) is 1. The first-order valence-corrected chi connectivity index (χ1v) is 6.39. The fourth-order valence-electron chi connectivity index (χ4n) is 1.51. The Hall–Kier alpha value is -1.43. The summed E-state index contributed by atoms with van der Waals surface area (Å²) in [6.45, 7) is 6.54. The third-order valence-electron chi connectivity index (χ3n) is 2.41. The number of carbonyl (C=O) groups excluding carboxylic acids is 1. The van der Waals surface area contributed by atoms with E-state index >= 15 is 0 Å². The molecule has 0 aromatic heterocycles. The Morgan fingerprint density at radius 1 is 1.32 bits per heavy atom. The maximum atomic E-state index is 11.3. The van der Waals surface area contributed by atoms with Gasteiger partial charge in [0.2, 0.25) is 0 Å². The molecule has 0 spiro atoms. The van der Waals surface area contributed by atoms with E-state index in [4.69, 9.17) is 15.3 Å². The molecular formula is C14H22N2O3. The standard InChI is InChI=1S/C14H22N2O3/c1-11(2)9-18-6-7-19-10-12-4-3-5-13(8-12)14(17)16-15/h3-5,8,11H,6-7,9-10,15H2,1-2H3,(H,16,17). The summed E-state index contributed by atoms with van der Waals surface area (Å²) in [5, 5.41) is 0. The van der Waals surface area contributed by atoms with Gasteiger partial charge in [0.15, 0.2) is 0 Å². The van der Waals surface area contributed by atoms with Crippen molar-refractivity contribution >= 4 is 5.91 Å².